The highest BCUT2D eigenvalue weighted by Crippen LogP contribution is 2.32. The van der Waals surface area contributed by atoms with E-state index in [1.54, 1.807) is 23.5 Å². The summed E-state index contributed by atoms with van der Waals surface area (Å²) in [6.07, 6.45) is 0. The van der Waals surface area contributed by atoms with E-state index >= 15 is 0 Å². The van der Waals surface area contributed by atoms with Crippen LogP contribution in [0.2, 0.25) is 0 Å². The number of benzene rings is 1. The molecule has 1 unspecified atom stereocenters. The third-order valence-electron chi connectivity index (χ3n) is 2.46. The lowest BCUT2D eigenvalue weighted by atomic mass is 10.1. The molecule has 0 saturated heterocycles. The van der Waals surface area contributed by atoms with Crippen molar-refractivity contribution in [2.24, 2.45) is 5.73 Å². The van der Waals surface area contributed by atoms with Gasteiger partial charge < -0.3 is 10.5 Å². The van der Waals surface area contributed by atoms with Gasteiger partial charge in [-0.1, -0.05) is 6.07 Å². The minimum atomic E-state index is -0.395. The van der Waals surface area contributed by atoms with E-state index in [-0.39, 0.29) is 11.8 Å². The minimum absolute atomic E-state index is 0.228. The summed E-state index contributed by atoms with van der Waals surface area (Å²) in [7, 11) is 1.44. The second-order valence-electron chi connectivity index (χ2n) is 3.50. The Morgan fingerprint density at radius 1 is 1.41 bits per heavy atom. The van der Waals surface area contributed by atoms with Gasteiger partial charge in [0.1, 0.15) is 0 Å². The van der Waals surface area contributed by atoms with Crippen molar-refractivity contribution in [3.63, 3.8) is 0 Å². The van der Waals surface area contributed by atoms with E-state index < -0.39 is 5.82 Å². The van der Waals surface area contributed by atoms with Crippen molar-refractivity contribution in [3.05, 3.63) is 50.4 Å². The summed E-state index contributed by atoms with van der Waals surface area (Å²) < 4.78 is 19.4. The molecule has 0 aliphatic rings. The van der Waals surface area contributed by atoms with Crippen molar-refractivity contribution in [1.29, 1.82) is 0 Å². The van der Waals surface area contributed by atoms with Gasteiger partial charge in [-0.25, -0.2) is 4.39 Å². The van der Waals surface area contributed by atoms with E-state index in [2.05, 4.69) is 15.9 Å². The molecule has 0 bridgehead atoms. The second-order valence-corrected chi connectivity index (χ2v) is 5.31. The molecule has 2 nitrogen and oxygen atoms in total. The third kappa shape index (κ3) is 2.51. The first-order valence-corrected chi connectivity index (χ1v) is 6.62. The van der Waals surface area contributed by atoms with Gasteiger partial charge in [-0.2, -0.15) is 0 Å². The van der Waals surface area contributed by atoms with E-state index in [4.69, 9.17) is 10.5 Å². The minimum Gasteiger partial charge on any atom is -0.494 e. The smallest absolute Gasteiger partial charge is 0.165 e. The lowest BCUT2D eigenvalue weighted by Crippen LogP contribution is -2.11. The van der Waals surface area contributed by atoms with Crippen molar-refractivity contribution < 1.29 is 9.13 Å². The zero-order valence-electron chi connectivity index (χ0n) is 9.11. The fourth-order valence-electron chi connectivity index (χ4n) is 1.55. The maximum Gasteiger partial charge on any atom is 0.165 e. The zero-order valence-corrected chi connectivity index (χ0v) is 11.5. The molecule has 0 aliphatic heterocycles. The summed E-state index contributed by atoms with van der Waals surface area (Å²) in [6.45, 7) is 0. The predicted molar refractivity (Wildman–Crippen MR) is 71.0 cm³/mol. The summed E-state index contributed by atoms with van der Waals surface area (Å²) >= 11 is 4.97. The van der Waals surface area contributed by atoms with Crippen LogP contribution in [0.5, 0.6) is 5.75 Å². The quantitative estimate of drug-likeness (QED) is 0.937. The average molecular weight is 316 g/mol. The van der Waals surface area contributed by atoms with E-state index in [0.29, 0.717) is 0 Å². The van der Waals surface area contributed by atoms with E-state index in [0.717, 1.165) is 14.9 Å². The number of halogens is 2. The highest BCUT2D eigenvalue weighted by atomic mass is 79.9. The Hall–Kier alpha value is -0.910. The molecule has 0 amide bonds. The number of ether oxygens (including phenoxy) is 1. The summed E-state index contributed by atoms with van der Waals surface area (Å²) in [6, 6.07) is 6.38. The van der Waals surface area contributed by atoms with Gasteiger partial charge in [-0.05, 0) is 45.1 Å². The SMILES string of the molecule is COc1ccc(C(N)c2sccc2Br)cc1F. The Bertz CT molecular complexity index is 529. The first kappa shape index (κ1) is 12.5. The molecule has 1 atom stereocenters. The summed E-state index contributed by atoms with van der Waals surface area (Å²) in [5.41, 5.74) is 6.82. The van der Waals surface area contributed by atoms with Crippen molar-refractivity contribution in [2.75, 3.05) is 7.11 Å². The Balaban J connectivity index is 2.35. The number of nitrogens with two attached hydrogens (primary N) is 1. The molecule has 0 spiro atoms. The maximum atomic E-state index is 13.6. The first-order chi connectivity index (χ1) is 8.13. The molecule has 2 N–H and O–H groups in total. The number of thiophene rings is 1. The molecule has 90 valence electrons. The fraction of sp³-hybridized carbons (Fsp3) is 0.167. The lowest BCUT2D eigenvalue weighted by Gasteiger charge is -2.12. The van der Waals surface area contributed by atoms with Gasteiger partial charge in [-0.15, -0.1) is 11.3 Å². The van der Waals surface area contributed by atoms with Crippen LogP contribution in [0.25, 0.3) is 0 Å². The molecular weight excluding hydrogens is 305 g/mol. The first-order valence-electron chi connectivity index (χ1n) is 4.95. The van der Waals surface area contributed by atoms with Crippen LogP contribution in [-0.4, -0.2) is 7.11 Å². The molecule has 2 aromatic rings. The van der Waals surface area contributed by atoms with E-state index in [1.165, 1.54) is 13.2 Å². The predicted octanol–water partition coefficient (Wildman–Crippen LogP) is 3.71. The topological polar surface area (TPSA) is 35.2 Å². The molecule has 0 aliphatic carbocycles. The Morgan fingerprint density at radius 3 is 2.71 bits per heavy atom. The summed E-state index contributed by atoms with van der Waals surface area (Å²) in [5.74, 6) is -0.167. The molecule has 0 saturated carbocycles. The molecule has 1 heterocycles. The van der Waals surface area contributed by atoms with Gasteiger partial charge in [-0.3, -0.25) is 0 Å². The van der Waals surface area contributed by atoms with Gasteiger partial charge in [0.05, 0.1) is 13.2 Å². The van der Waals surface area contributed by atoms with Crippen LogP contribution >= 0.6 is 27.3 Å². The van der Waals surface area contributed by atoms with Crippen LogP contribution in [0.1, 0.15) is 16.5 Å². The lowest BCUT2D eigenvalue weighted by molar-refractivity contribution is 0.386. The second kappa shape index (κ2) is 5.16. The van der Waals surface area contributed by atoms with Crippen LogP contribution < -0.4 is 10.5 Å². The normalized spacial score (nSPS) is 12.5. The zero-order chi connectivity index (χ0) is 12.4. The standard InChI is InChI=1S/C12H11BrFNOS/c1-16-10-3-2-7(6-9(10)14)11(15)12-8(13)4-5-17-12/h2-6,11H,15H2,1H3. The fourth-order valence-corrected chi connectivity index (χ4v) is 3.20. The number of methoxy groups -OCH3 is 1. The van der Waals surface area contributed by atoms with Gasteiger partial charge in [0.2, 0.25) is 0 Å². The van der Waals surface area contributed by atoms with Crippen LogP contribution in [-0.2, 0) is 0 Å². The summed E-state index contributed by atoms with van der Waals surface area (Å²) in [5, 5.41) is 1.94. The number of hydrogen-bond donors (Lipinski definition) is 1. The van der Waals surface area contributed by atoms with Crippen LogP contribution in [0.15, 0.2) is 34.1 Å². The largest absolute Gasteiger partial charge is 0.494 e. The van der Waals surface area contributed by atoms with Gasteiger partial charge in [0.25, 0.3) is 0 Å². The van der Waals surface area contributed by atoms with Gasteiger partial charge in [0, 0.05) is 9.35 Å². The monoisotopic (exact) mass is 315 g/mol. The highest BCUT2D eigenvalue weighted by Gasteiger charge is 2.15. The Kier molecular flexibility index (Phi) is 3.81. The third-order valence-corrected chi connectivity index (χ3v) is 4.42. The van der Waals surface area contributed by atoms with Crippen LogP contribution in [0.3, 0.4) is 0 Å². The van der Waals surface area contributed by atoms with Crippen LogP contribution in [0.4, 0.5) is 4.39 Å². The van der Waals surface area contributed by atoms with Gasteiger partial charge >= 0.3 is 0 Å². The molecule has 1 aromatic carbocycles. The highest BCUT2D eigenvalue weighted by molar-refractivity contribution is 9.10. The maximum absolute atomic E-state index is 13.6. The number of rotatable bonds is 3. The van der Waals surface area contributed by atoms with Crippen molar-refractivity contribution in [2.45, 2.75) is 6.04 Å². The molecule has 1 aromatic heterocycles. The summed E-state index contributed by atoms with van der Waals surface area (Å²) in [4.78, 5) is 0.981. The van der Waals surface area contributed by atoms with E-state index in [1.807, 2.05) is 11.4 Å². The van der Waals surface area contributed by atoms with Crippen molar-refractivity contribution in [3.8, 4) is 5.75 Å². The molecular formula is C12H11BrFNOS. The van der Waals surface area contributed by atoms with Gasteiger partial charge in [0.15, 0.2) is 11.6 Å². The molecule has 5 heteroatoms. The molecule has 2 rings (SSSR count). The molecule has 0 radical (unpaired) electrons. The van der Waals surface area contributed by atoms with Crippen molar-refractivity contribution in [1.82, 2.24) is 0 Å². The average Bonchev–Trinajstić information content (AvgIpc) is 2.74. The Morgan fingerprint density at radius 2 is 2.18 bits per heavy atom. The molecule has 17 heavy (non-hydrogen) atoms. The Labute approximate surface area is 111 Å². The molecule has 0 fully saturated rings. The van der Waals surface area contributed by atoms with E-state index in [9.17, 15) is 4.39 Å². The van der Waals surface area contributed by atoms with Crippen LogP contribution in [0, 0.1) is 5.82 Å². The number of hydrogen-bond acceptors (Lipinski definition) is 3. The van der Waals surface area contributed by atoms with Crippen molar-refractivity contribution >= 4 is 27.3 Å².